The molecule has 2 aliphatic heterocycles. The Morgan fingerprint density at radius 1 is 1.20 bits per heavy atom. The van der Waals surface area contributed by atoms with E-state index in [1.165, 1.54) is 0 Å². The van der Waals surface area contributed by atoms with Gasteiger partial charge in [0.15, 0.2) is 0 Å². The summed E-state index contributed by atoms with van der Waals surface area (Å²) in [6.07, 6.45) is 0.220. The average molecular weight is 274 g/mol. The highest BCUT2D eigenvalue weighted by Crippen LogP contribution is 2.24. The number of benzene rings is 1. The number of fused-ring (bicyclic) bond motifs is 1. The van der Waals surface area contributed by atoms with Gasteiger partial charge in [0.25, 0.3) is 11.8 Å². The first-order valence-electron chi connectivity index (χ1n) is 6.43. The van der Waals surface area contributed by atoms with Gasteiger partial charge in [-0.25, -0.2) is 4.79 Å². The summed E-state index contributed by atoms with van der Waals surface area (Å²) in [5.41, 5.74) is 0.544. The molecule has 3 rings (SSSR count). The monoisotopic (exact) mass is 274 g/mol. The fraction of sp³-hybridized carbons (Fsp3) is 0.357. The molecule has 2 heterocycles. The van der Waals surface area contributed by atoms with E-state index in [9.17, 15) is 14.4 Å². The van der Waals surface area contributed by atoms with Crippen molar-refractivity contribution < 1.29 is 19.2 Å². The largest absolute Gasteiger partial charge is 0.333 e. The molecule has 2 aliphatic rings. The molecule has 0 atom stereocenters. The van der Waals surface area contributed by atoms with Crippen LogP contribution in [0.3, 0.4) is 0 Å². The molecule has 1 aromatic rings. The molecule has 0 N–H and O–H groups in total. The smallest absolute Gasteiger partial charge is 0.330 e. The molecule has 6 nitrogen and oxygen atoms in total. The molecular formula is C14H14N2O4. The molecule has 0 radical (unpaired) electrons. The lowest BCUT2D eigenvalue weighted by Gasteiger charge is -2.35. The summed E-state index contributed by atoms with van der Waals surface area (Å²) in [5, 5.41) is 0.565. The van der Waals surface area contributed by atoms with Crippen LogP contribution < -0.4 is 0 Å². The van der Waals surface area contributed by atoms with Gasteiger partial charge < -0.3 is 9.74 Å². The van der Waals surface area contributed by atoms with E-state index in [1.807, 2.05) is 7.05 Å². The van der Waals surface area contributed by atoms with Crippen LogP contribution in [0.15, 0.2) is 24.3 Å². The number of nitrogens with zero attached hydrogens (tertiary/aromatic N) is 2. The van der Waals surface area contributed by atoms with E-state index in [0.717, 1.165) is 13.1 Å². The molecule has 0 unspecified atom stereocenters. The fourth-order valence-electron chi connectivity index (χ4n) is 2.58. The normalized spacial score (nSPS) is 18.9. The molecular weight excluding hydrogens is 260 g/mol. The predicted octanol–water partition coefficient (Wildman–Crippen LogP) is 0.693. The number of carbonyl (C=O) groups excluding carboxylic acids is 3. The van der Waals surface area contributed by atoms with Gasteiger partial charge in [0.05, 0.1) is 17.5 Å². The van der Waals surface area contributed by atoms with Crippen LogP contribution in [-0.2, 0) is 9.63 Å². The van der Waals surface area contributed by atoms with Crippen LogP contribution >= 0.6 is 0 Å². The van der Waals surface area contributed by atoms with Crippen molar-refractivity contribution >= 4 is 17.8 Å². The van der Waals surface area contributed by atoms with Crippen molar-refractivity contribution in [3.63, 3.8) is 0 Å². The third-order valence-corrected chi connectivity index (χ3v) is 3.54. The Kier molecular flexibility index (Phi) is 3.02. The molecule has 0 saturated carbocycles. The van der Waals surface area contributed by atoms with Crippen LogP contribution in [0.25, 0.3) is 0 Å². The Bertz CT molecular complexity index is 558. The Morgan fingerprint density at radius 2 is 1.75 bits per heavy atom. The molecule has 0 aliphatic carbocycles. The Balaban J connectivity index is 1.66. The van der Waals surface area contributed by atoms with Gasteiger partial charge in [-0.1, -0.05) is 17.2 Å². The molecule has 0 aromatic heterocycles. The molecule has 104 valence electrons. The number of imide groups is 1. The van der Waals surface area contributed by atoms with Crippen molar-refractivity contribution in [3.05, 3.63) is 35.4 Å². The summed E-state index contributed by atoms with van der Waals surface area (Å²) in [5.74, 6) is -1.46. The summed E-state index contributed by atoms with van der Waals surface area (Å²) in [7, 11) is 1.96. The molecule has 0 bridgehead atoms. The molecule has 20 heavy (non-hydrogen) atoms. The number of rotatable bonds is 3. The number of carbonyl (C=O) groups is 3. The van der Waals surface area contributed by atoms with Gasteiger partial charge in [-0.2, -0.15) is 0 Å². The lowest BCUT2D eigenvalue weighted by atomic mass is 9.98. The molecule has 2 amide bonds. The second-order valence-electron chi connectivity index (χ2n) is 5.20. The van der Waals surface area contributed by atoms with Gasteiger partial charge in [0, 0.05) is 13.1 Å². The van der Waals surface area contributed by atoms with Crippen molar-refractivity contribution in [3.8, 4) is 0 Å². The number of amides is 2. The second-order valence-corrected chi connectivity index (χ2v) is 5.20. The second kappa shape index (κ2) is 4.72. The van der Waals surface area contributed by atoms with Gasteiger partial charge in [-0.15, -0.1) is 0 Å². The number of likely N-dealkylation sites (tertiary alicyclic amines) is 1. The van der Waals surface area contributed by atoms with Gasteiger partial charge in [0.1, 0.15) is 0 Å². The van der Waals surface area contributed by atoms with Gasteiger partial charge in [-0.3, -0.25) is 9.59 Å². The average Bonchev–Trinajstić information content (AvgIpc) is 2.63. The van der Waals surface area contributed by atoms with Crippen molar-refractivity contribution in [2.45, 2.75) is 6.42 Å². The molecule has 1 aromatic carbocycles. The molecule has 1 fully saturated rings. The topological polar surface area (TPSA) is 66.9 Å². The van der Waals surface area contributed by atoms with Gasteiger partial charge >= 0.3 is 5.97 Å². The highest BCUT2D eigenvalue weighted by atomic mass is 16.7. The molecule has 1 saturated heterocycles. The minimum absolute atomic E-state index is 0.220. The highest BCUT2D eigenvalue weighted by Gasteiger charge is 2.39. The SMILES string of the molecule is CN1CC(CC(=O)ON2C(=O)c3ccccc3C2=O)C1. The van der Waals surface area contributed by atoms with Crippen LogP contribution in [0.5, 0.6) is 0 Å². The lowest BCUT2D eigenvalue weighted by molar-refractivity contribution is -0.170. The van der Waals surface area contributed by atoms with E-state index < -0.39 is 17.8 Å². The lowest BCUT2D eigenvalue weighted by Crippen LogP contribution is -2.45. The van der Waals surface area contributed by atoms with E-state index in [4.69, 9.17) is 4.84 Å². The minimum atomic E-state index is -0.579. The first kappa shape index (κ1) is 12.8. The Labute approximate surface area is 115 Å². The zero-order chi connectivity index (χ0) is 14.3. The number of hydrogen-bond donors (Lipinski definition) is 0. The van der Waals surface area contributed by atoms with Crippen LogP contribution in [0.4, 0.5) is 0 Å². The standard InChI is InChI=1S/C14H14N2O4/c1-15-7-9(8-15)6-12(17)20-16-13(18)10-4-2-3-5-11(10)14(16)19/h2-5,9H,6-8H2,1H3. The third-order valence-electron chi connectivity index (χ3n) is 3.54. The van der Waals surface area contributed by atoms with Crippen LogP contribution in [-0.4, -0.2) is 47.9 Å². The summed E-state index contributed by atoms with van der Waals surface area (Å²) in [4.78, 5) is 42.8. The van der Waals surface area contributed by atoms with E-state index >= 15 is 0 Å². The number of hydroxylamine groups is 2. The highest BCUT2D eigenvalue weighted by molar-refractivity contribution is 6.20. The van der Waals surface area contributed by atoms with E-state index in [2.05, 4.69) is 4.90 Å². The predicted molar refractivity (Wildman–Crippen MR) is 68.6 cm³/mol. The number of hydrogen-bond acceptors (Lipinski definition) is 5. The summed E-state index contributed by atoms with van der Waals surface area (Å²) < 4.78 is 0. The van der Waals surface area contributed by atoms with Crippen molar-refractivity contribution in [1.29, 1.82) is 0 Å². The van der Waals surface area contributed by atoms with Crippen LogP contribution in [0.1, 0.15) is 27.1 Å². The first-order chi connectivity index (χ1) is 9.56. The zero-order valence-corrected chi connectivity index (χ0v) is 11.0. The summed E-state index contributed by atoms with van der Waals surface area (Å²) in [6, 6.07) is 6.42. The maximum Gasteiger partial charge on any atom is 0.333 e. The molecule has 6 heteroatoms. The van der Waals surface area contributed by atoms with Crippen molar-refractivity contribution in [1.82, 2.24) is 9.96 Å². The summed E-state index contributed by atoms with van der Waals surface area (Å²) >= 11 is 0. The van der Waals surface area contributed by atoms with Crippen molar-refractivity contribution in [2.75, 3.05) is 20.1 Å². The fourth-order valence-corrected chi connectivity index (χ4v) is 2.58. The maximum absolute atomic E-state index is 12.0. The maximum atomic E-state index is 12.0. The van der Waals surface area contributed by atoms with Crippen molar-refractivity contribution in [2.24, 2.45) is 5.92 Å². The van der Waals surface area contributed by atoms with E-state index in [0.29, 0.717) is 5.06 Å². The zero-order valence-electron chi connectivity index (χ0n) is 11.0. The third kappa shape index (κ3) is 2.08. The van der Waals surface area contributed by atoms with Crippen LogP contribution in [0.2, 0.25) is 0 Å². The van der Waals surface area contributed by atoms with E-state index in [-0.39, 0.29) is 23.5 Å². The quantitative estimate of drug-likeness (QED) is 0.759. The van der Waals surface area contributed by atoms with Gasteiger partial charge in [-0.05, 0) is 25.1 Å². The first-order valence-corrected chi connectivity index (χ1v) is 6.43. The minimum Gasteiger partial charge on any atom is -0.330 e. The molecule has 0 spiro atoms. The Morgan fingerprint density at radius 3 is 2.25 bits per heavy atom. The summed E-state index contributed by atoms with van der Waals surface area (Å²) in [6.45, 7) is 1.66. The Hall–Kier alpha value is -2.21. The van der Waals surface area contributed by atoms with Crippen LogP contribution in [0, 0.1) is 5.92 Å². The van der Waals surface area contributed by atoms with Gasteiger partial charge in [0.2, 0.25) is 0 Å². The van der Waals surface area contributed by atoms with E-state index in [1.54, 1.807) is 24.3 Å².